The van der Waals surface area contributed by atoms with Gasteiger partial charge in [-0.3, -0.25) is 9.59 Å². The summed E-state index contributed by atoms with van der Waals surface area (Å²) >= 11 is 0. The number of carbonyl (C=O) groups excluding carboxylic acids is 2. The van der Waals surface area contributed by atoms with Crippen molar-refractivity contribution in [1.29, 1.82) is 5.26 Å². The van der Waals surface area contributed by atoms with E-state index in [9.17, 15) is 9.59 Å². The Morgan fingerprint density at radius 3 is 2.65 bits per heavy atom. The maximum absolute atomic E-state index is 11.5. The first kappa shape index (κ1) is 12.9. The van der Waals surface area contributed by atoms with Crippen LogP contribution in [0.5, 0.6) is 0 Å². The number of hydrogen-bond donors (Lipinski definition) is 1. The molecule has 4 nitrogen and oxygen atoms in total. The van der Waals surface area contributed by atoms with Crippen LogP contribution < -0.4 is 5.32 Å². The Balaban J connectivity index is 2.66. The van der Waals surface area contributed by atoms with E-state index < -0.39 is 5.92 Å². The molecule has 0 spiro atoms. The Morgan fingerprint density at radius 1 is 1.41 bits per heavy atom. The van der Waals surface area contributed by atoms with Gasteiger partial charge < -0.3 is 5.32 Å². The Morgan fingerprint density at radius 2 is 2.06 bits per heavy atom. The SMILES string of the molecule is CC(=O)C(C)C(=O)NCc1ccccc1C#N. The summed E-state index contributed by atoms with van der Waals surface area (Å²) < 4.78 is 0. The van der Waals surface area contributed by atoms with Gasteiger partial charge in [-0.05, 0) is 25.5 Å². The zero-order valence-corrected chi connectivity index (χ0v) is 9.86. The molecule has 1 rings (SSSR count). The van der Waals surface area contributed by atoms with E-state index in [1.807, 2.05) is 0 Å². The molecular weight excluding hydrogens is 216 g/mol. The molecule has 4 heteroatoms. The monoisotopic (exact) mass is 230 g/mol. The molecule has 88 valence electrons. The molecule has 0 radical (unpaired) electrons. The molecule has 1 unspecified atom stereocenters. The van der Waals surface area contributed by atoms with Crippen LogP contribution in [0, 0.1) is 17.2 Å². The van der Waals surface area contributed by atoms with Gasteiger partial charge in [0.05, 0.1) is 17.6 Å². The summed E-state index contributed by atoms with van der Waals surface area (Å²) in [5.74, 6) is -1.13. The molecule has 0 aliphatic heterocycles. The van der Waals surface area contributed by atoms with Gasteiger partial charge in [0.1, 0.15) is 5.78 Å². The lowest BCUT2D eigenvalue weighted by Crippen LogP contribution is -2.32. The van der Waals surface area contributed by atoms with Crippen molar-refractivity contribution in [1.82, 2.24) is 5.32 Å². The number of nitriles is 1. The summed E-state index contributed by atoms with van der Waals surface area (Å²) in [4.78, 5) is 22.5. The molecule has 1 atom stereocenters. The third kappa shape index (κ3) is 3.42. The molecule has 0 saturated carbocycles. The van der Waals surface area contributed by atoms with Gasteiger partial charge in [-0.25, -0.2) is 0 Å². The predicted octanol–water partition coefficient (Wildman–Crippen LogP) is 1.40. The predicted molar refractivity (Wildman–Crippen MR) is 62.8 cm³/mol. The van der Waals surface area contributed by atoms with Crippen molar-refractivity contribution in [2.24, 2.45) is 5.92 Å². The fourth-order valence-electron chi connectivity index (χ4n) is 1.30. The van der Waals surface area contributed by atoms with Crippen LogP contribution in [0.25, 0.3) is 0 Å². The van der Waals surface area contributed by atoms with Gasteiger partial charge in [0.2, 0.25) is 5.91 Å². The number of hydrogen-bond acceptors (Lipinski definition) is 3. The van der Waals surface area contributed by atoms with E-state index in [1.165, 1.54) is 6.92 Å². The van der Waals surface area contributed by atoms with Gasteiger partial charge in [-0.15, -0.1) is 0 Å². The van der Waals surface area contributed by atoms with E-state index in [1.54, 1.807) is 31.2 Å². The van der Waals surface area contributed by atoms with Crippen molar-refractivity contribution < 1.29 is 9.59 Å². The third-order valence-electron chi connectivity index (χ3n) is 2.59. The second-order valence-corrected chi connectivity index (χ2v) is 3.82. The van der Waals surface area contributed by atoms with Crippen LogP contribution in [0.3, 0.4) is 0 Å². The molecule has 0 aromatic heterocycles. The third-order valence-corrected chi connectivity index (χ3v) is 2.59. The lowest BCUT2D eigenvalue weighted by molar-refractivity contribution is -0.132. The summed E-state index contributed by atoms with van der Waals surface area (Å²) in [6.45, 7) is 3.21. The topological polar surface area (TPSA) is 70.0 Å². The first-order chi connectivity index (χ1) is 8.06. The summed E-state index contributed by atoms with van der Waals surface area (Å²) in [5.41, 5.74) is 1.28. The van der Waals surface area contributed by atoms with Gasteiger partial charge in [0, 0.05) is 6.54 Å². The molecule has 17 heavy (non-hydrogen) atoms. The van der Waals surface area contributed by atoms with Crippen LogP contribution in [0.4, 0.5) is 0 Å². The van der Waals surface area contributed by atoms with Crippen LogP contribution in [-0.4, -0.2) is 11.7 Å². The summed E-state index contributed by atoms with van der Waals surface area (Å²) in [6.07, 6.45) is 0. The maximum Gasteiger partial charge on any atom is 0.230 e. The summed E-state index contributed by atoms with van der Waals surface area (Å²) in [7, 11) is 0. The fraction of sp³-hybridized carbons (Fsp3) is 0.308. The molecule has 1 aromatic carbocycles. The number of nitrogens with one attached hydrogen (secondary N) is 1. The largest absolute Gasteiger partial charge is 0.351 e. The molecule has 0 aliphatic carbocycles. The van der Waals surface area contributed by atoms with Crippen molar-refractivity contribution in [3.05, 3.63) is 35.4 Å². The molecule has 0 heterocycles. The molecule has 1 amide bonds. The van der Waals surface area contributed by atoms with Crippen molar-refractivity contribution in [3.8, 4) is 6.07 Å². The number of benzene rings is 1. The highest BCUT2D eigenvalue weighted by atomic mass is 16.2. The van der Waals surface area contributed by atoms with E-state index in [0.29, 0.717) is 5.56 Å². The number of carbonyl (C=O) groups is 2. The fourth-order valence-corrected chi connectivity index (χ4v) is 1.30. The molecule has 0 saturated heterocycles. The number of rotatable bonds is 4. The Bertz CT molecular complexity index is 475. The number of ketones is 1. The lowest BCUT2D eigenvalue weighted by atomic mass is 10.1. The zero-order valence-electron chi connectivity index (χ0n) is 9.86. The molecular formula is C13H14N2O2. The highest BCUT2D eigenvalue weighted by Gasteiger charge is 2.17. The van der Waals surface area contributed by atoms with Crippen molar-refractivity contribution in [2.75, 3.05) is 0 Å². The van der Waals surface area contributed by atoms with Gasteiger partial charge in [-0.2, -0.15) is 5.26 Å². The Hall–Kier alpha value is -2.15. The smallest absolute Gasteiger partial charge is 0.230 e. The van der Waals surface area contributed by atoms with E-state index in [2.05, 4.69) is 11.4 Å². The van der Waals surface area contributed by atoms with Gasteiger partial charge in [0.25, 0.3) is 0 Å². The van der Waals surface area contributed by atoms with Crippen LogP contribution in [0.2, 0.25) is 0 Å². The number of amides is 1. The van der Waals surface area contributed by atoms with Crippen LogP contribution in [0.1, 0.15) is 25.0 Å². The normalized spacial score (nSPS) is 11.4. The highest BCUT2D eigenvalue weighted by Crippen LogP contribution is 2.07. The minimum atomic E-state index is -0.649. The zero-order chi connectivity index (χ0) is 12.8. The summed E-state index contributed by atoms with van der Waals surface area (Å²) in [6, 6.07) is 9.09. The average molecular weight is 230 g/mol. The van der Waals surface area contributed by atoms with E-state index in [4.69, 9.17) is 5.26 Å². The van der Waals surface area contributed by atoms with Crippen molar-refractivity contribution >= 4 is 11.7 Å². The van der Waals surface area contributed by atoms with Crippen molar-refractivity contribution in [3.63, 3.8) is 0 Å². The van der Waals surface area contributed by atoms with E-state index >= 15 is 0 Å². The average Bonchev–Trinajstić information content (AvgIpc) is 2.35. The quantitative estimate of drug-likeness (QED) is 0.795. The molecule has 0 fully saturated rings. The minimum Gasteiger partial charge on any atom is -0.351 e. The van der Waals surface area contributed by atoms with E-state index in [-0.39, 0.29) is 18.2 Å². The Kier molecular flexibility index (Phi) is 4.41. The van der Waals surface area contributed by atoms with Crippen molar-refractivity contribution in [2.45, 2.75) is 20.4 Å². The molecule has 1 N–H and O–H groups in total. The lowest BCUT2D eigenvalue weighted by Gasteiger charge is -2.09. The second kappa shape index (κ2) is 5.80. The standard InChI is InChI=1S/C13H14N2O2/c1-9(10(2)16)13(17)15-8-12-6-4-3-5-11(12)7-14/h3-6,9H,8H2,1-2H3,(H,15,17). The van der Waals surface area contributed by atoms with Gasteiger partial charge in [-0.1, -0.05) is 18.2 Å². The molecule has 1 aromatic rings. The van der Waals surface area contributed by atoms with Crippen LogP contribution >= 0.6 is 0 Å². The number of nitrogens with zero attached hydrogens (tertiary/aromatic N) is 1. The molecule has 0 bridgehead atoms. The van der Waals surface area contributed by atoms with Gasteiger partial charge >= 0.3 is 0 Å². The first-order valence-corrected chi connectivity index (χ1v) is 5.32. The highest BCUT2D eigenvalue weighted by molar-refractivity contribution is 5.99. The first-order valence-electron chi connectivity index (χ1n) is 5.32. The Labute approximate surface area is 100 Å². The van der Waals surface area contributed by atoms with Crippen LogP contribution in [0.15, 0.2) is 24.3 Å². The van der Waals surface area contributed by atoms with E-state index in [0.717, 1.165) is 5.56 Å². The molecule has 0 aliphatic rings. The maximum atomic E-state index is 11.5. The number of Topliss-reactive ketones (excluding diaryl/α,β-unsaturated/α-hetero) is 1. The minimum absolute atomic E-state index is 0.170. The van der Waals surface area contributed by atoms with Gasteiger partial charge in [0.15, 0.2) is 0 Å². The summed E-state index contributed by atoms with van der Waals surface area (Å²) in [5, 5.41) is 11.5. The second-order valence-electron chi connectivity index (χ2n) is 3.82. The van der Waals surface area contributed by atoms with Crippen LogP contribution in [-0.2, 0) is 16.1 Å².